The summed E-state index contributed by atoms with van der Waals surface area (Å²) in [5.74, 6) is -3.92. The van der Waals surface area contributed by atoms with E-state index in [4.69, 9.17) is 27.9 Å². The van der Waals surface area contributed by atoms with Gasteiger partial charge >= 0.3 is 12.1 Å². The molecule has 1 aliphatic carbocycles. The van der Waals surface area contributed by atoms with Gasteiger partial charge in [-0.05, 0) is 59.5 Å². The summed E-state index contributed by atoms with van der Waals surface area (Å²) in [6.07, 6.45) is -9.61. The first-order chi connectivity index (χ1) is 19.6. The molecule has 0 spiro atoms. The Morgan fingerprint density at radius 3 is 2.26 bits per heavy atom. The van der Waals surface area contributed by atoms with Gasteiger partial charge in [-0.25, -0.2) is 4.79 Å². The van der Waals surface area contributed by atoms with Gasteiger partial charge in [-0.1, -0.05) is 42.6 Å². The third-order valence-corrected chi connectivity index (χ3v) is 8.13. The van der Waals surface area contributed by atoms with Crippen LogP contribution in [0.15, 0.2) is 36.4 Å². The Hall–Kier alpha value is -2.22. The fraction of sp³-hybridized carbons (Fsp3) is 0.483. The normalized spacial score (nSPS) is 24.6. The molecule has 3 aromatic carbocycles. The molecule has 1 unspecified atom stereocenters. The Morgan fingerprint density at radius 2 is 1.64 bits per heavy atom. The smallest absolute Gasteiger partial charge is 0.416 e. The summed E-state index contributed by atoms with van der Waals surface area (Å²) in [6.45, 7) is 2.65. The second kappa shape index (κ2) is 12.4. The zero-order chi connectivity index (χ0) is 31.0. The van der Waals surface area contributed by atoms with Gasteiger partial charge in [-0.2, -0.15) is 13.2 Å². The van der Waals surface area contributed by atoms with Crippen LogP contribution in [-0.4, -0.2) is 68.5 Å². The van der Waals surface area contributed by atoms with Gasteiger partial charge in [0.15, 0.2) is 5.60 Å². The highest BCUT2D eigenvalue weighted by Crippen LogP contribution is 2.43. The van der Waals surface area contributed by atoms with Gasteiger partial charge in [0.25, 0.3) is 0 Å². The number of nitrogens with one attached hydrogen (secondary N) is 1. The molecule has 0 bridgehead atoms. The number of unbranched alkanes of at least 4 members (excludes halogenated alkanes) is 1. The predicted molar refractivity (Wildman–Crippen MR) is 151 cm³/mol. The van der Waals surface area contributed by atoms with Crippen LogP contribution in [0.1, 0.15) is 50.2 Å². The first-order valence-electron chi connectivity index (χ1n) is 13.5. The van der Waals surface area contributed by atoms with Crippen LogP contribution in [-0.2, 0) is 21.5 Å². The quantitative estimate of drug-likeness (QED) is 0.0882. The highest BCUT2D eigenvalue weighted by atomic mass is 35.5. The van der Waals surface area contributed by atoms with Crippen molar-refractivity contribution in [2.24, 2.45) is 0 Å². The third-order valence-electron chi connectivity index (χ3n) is 7.60. The van der Waals surface area contributed by atoms with Gasteiger partial charge in [-0.15, -0.1) is 0 Å². The van der Waals surface area contributed by atoms with Gasteiger partial charge in [0, 0.05) is 46.8 Å². The van der Waals surface area contributed by atoms with Crippen molar-refractivity contribution in [2.45, 2.75) is 74.9 Å². The summed E-state index contributed by atoms with van der Waals surface area (Å²) in [4.78, 5) is 13.4. The van der Waals surface area contributed by atoms with Crippen molar-refractivity contribution in [3.63, 3.8) is 0 Å². The van der Waals surface area contributed by atoms with Crippen molar-refractivity contribution in [3.8, 4) is 0 Å². The van der Waals surface area contributed by atoms with E-state index in [2.05, 4.69) is 5.32 Å². The fourth-order valence-corrected chi connectivity index (χ4v) is 5.84. The maximum atomic E-state index is 13.7. The van der Waals surface area contributed by atoms with E-state index in [0.29, 0.717) is 6.54 Å². The number of esters is 1. The number of carbonyl (C=O) groups is 1. The molecular formula is C29H32Cl2F3NO7. The number of halogens is 5. The van der Waals surface area contributed by atoms with Crippen molar-refractivity contribution in [3.05, 3.63) is 57.6 Å². The molecule has 1 saturated carbocycles. The molecule has 0 amide bonds. The number of hydrogen-bond acceptors (Lipinski definition) is 8. The monoisotopic (exact) mass is 633 g/mol. The number of aliphatic hydroxyl groups is 5. The molecule has 230 valence electrons. The van der Waals surface area contributed by atoms with E-state index in [1.807, 2.05) is 6.92 Å². The van der Waals surface area contributed by atoms with Crippen LogP contribution >= 0.6 is 23.2 Å². The fourth-order valence-electron chi connectivity index (χ4n) is 5.29. The maximum Gasteiger partial charge on any atom is 0.416 e. The molecular weight excluding hydrogens is 602 g/mol. The average Bonchev–Trinajstić information content (AvgIpc) is 2.90. The molecule has 42 heavy (non-hydrogen) atoms. The Balaban J connectivity index is 1.88. The van der Waals surface area contributed by atoms with Crippen LogP contribution < -0.4 is 5.32 Å². The topological polar surface area (TPSA) is 139 Å². The highest BCUT2D eigenvalue weighted by Gasteiger charge is 2.52. The van der Waals surface area contributed by atoms with E-state index >= 15 is 0 Å². The van der Waals surface area contributed by atoms with E-state index in [9.17, 15) is 43.5 Å². The zero-order valence-corrected chi connectivity index (χ0v) is 24.1. The summed E-state index contributed by atoms with van der Waals surface area (Å²) < 4.78 is 46.7. The average molecular weight is 634 g/mol. The Labute approximate surface area is 249 Å². The van der Waals surface area contributed by atoms with Gasteiger partial charge < -0.3 is 35.6 Å². The molecule has 4 rings (SSSR count). The van der Waals surface area contributed by atoms with Gasteiger partial charge in [0.1, 0.15) is 6.10 Å². The van der Waals surface area contributed by atoms with Crippen LogP contribution in [0.25, 0.3) is 21.5 Å². The van der Waals surface area contributed by atoms with Gasteiger partial charge in [0.2, 0.25) is 5.79 Å². The standard InChI is InChI=1S/C29H32Cl2F3NO7/c1-2-3-7-35-8-6-28(41,42-26(39)27(40)13-23(36)25(38)24(37)14-27)21-12-20-19(10-16(30)11-22(20)31)18-9-15(29(32,33)34)4-5-17(18)21/h4-5,9-12,23-25,35-38,40-41H,2-3,6-8,13-14H2,1H3/t23-,24-,25?,27?,28?/m1/s1. The zero-order valence-electron chi connectivity index (χ0n) is 22.6. The minimum atomic E-state index is -4.69. The first kappa shape index (κ1) is 32.7. The molecule has 0 aliphatic heterocycles. The molecule has 3 aromatic rings. The lowest BCUT2D eigenvalue weighted by molar-refractivity contribution is -0.243. The van der Waals surface area contributed by atoms with Gasteiger partial charge in [-0.3, -0.25) is 0 Å². The molecule has 3 atom stereocenters. The number of hydrogen-bond donors (Lipinski definition) is 6. The lowest BCUT2D eigenvalue weighted by Gasteiger charge is -2.40. The molecule has 6 N–H and O–H groups in total. The molecule has 0 aromatic heterocycles. The van der Waals surface area contributed by atoms with Crippen molar-refractivity contribution in [1.29, 1.82) is 0 Å². The highest BCUT2D eigenvalue weighted by molar-refractivity contribution is 6.39. The summed E-state index contributed by atoms with van der Waals surface area (Å²) in [7, 11) is 0. The van der Waals surface area contributed by atoms with Crippen LogP contribution in [0.2, 0.25) is 10.0 Å². The number of benzene rings is 3. The predicted octanol–water partition coefficient (Wildman–Crippen LogP) is 4.39. The summed E-state index contributed by atoms with van der Waals surface area (Å²) in [6, 6.07) is 7.06. The molecule has 13 heteroatoms. The minimum Gasteiger partial charge on any atom is -0.427 e. The van der Waals surface area contributed by atoms with E-state index in [-0.39, 0.29) is 50.1 Å². The summed E-state index contributed by atoms with van der Waals surface area (Å²) in [5.41, 5.74) is -3.55. The molecule has 1 aliphatic rings. The lowest BCUT2D eigenvalue weighted by Crippen LogP contribution is -2.57. The number of rotatable bonds is 9. The number of fused-ring (bicyclic) bond motifs is 3. The molecule has 0 radical (unpaired) electrons. The largest absolute Gasteiger partial charge is 0.427 e. The molecule has 8 nitrogen and oxygen atoms in total. The molecule has 0 saturated heterocycles. The van der Waals surface area contributed by atoms with E-state index in [0.717, 1.165) is 31.0 Å². The summed E-state index contributed by atoms with van der Waals surface area (Å²) in [5, 5.41) is 57.1. The number of aliphatic hydroxyl groups excluding tert-OH is 3. The lowest BCUT2D eigenvalue weighted by atomic mass is 9.79. The van der Waals surface area contributed by atoms with Gasteiger partial charge in [0.05, 0.1) is 17.8 Å². The van der Waals surface area contributed by atoms with Crippen LogP contribution in [0.3, 0.4) is 0 Å². The van der Waals surface area contributed by atoms with Crippen molar-refractivity contribution < 1.29 is 48.2 Å². The van der Waals surface area contributed by atoms with Crippen LogP contribution in [0.4, 0.5) is 13.2 Å². The van der Waals surface area contributed by atoms with E-state index in [1.54, 1.807) is 0 Å². The molecule has 1 fully saturated rings. The number of carbonyl (C=O) groups excluding carboxylic acids is 1. The Morgan fingerprint density at radius 1 is 1.00 bits per heavy atom. The van der Waals surface area contributed by atoms with E-state index in [1.165, 1.54) is 18.2 Å². The second-order valence-corrected chi connectivity index (χ2v) is 11.6. The maximum absolute atomic E-state index is 13.7. The number of alkyl halides is 3. The van der Waals surface area contributed by atoms with Crippen LogP contribution in [0, 0.1) is 0 Å². The first-order valence-corrected chi connectivity index (χ1v) is 14.2. The summed E-state index contributed by atoms with van der Waals surface area (Å²) >= 11 is 12.6. The minimum absolute atomic E-state index is 0.0282. The van der Waals surface area contributed by atoms with Crippen molar-refractivity contribution in [2.75, 3.05) is 13.1 Å². The Kier molecular flexibility index (Phi) is 9.66. The molecule has 0 heterocycles. The SMILES string of the molecule is CCCCNCCC(O)(OC(=O)C1(O)C[C@@H](O)C(O)[C@H](O)C1)c1cc2c(Cl)cc(Cl)cc2c2cc(C(F)(F)F)ccc12. The van der Waals surface area contributed by atoms with Crippen molar-refractivity contribution in [1.82, 2.24) is 5.32 Å². The van der Waals surface area contributed by atoms with Crippen molar-refractivity contribution >= 4 is 50.7 Å². The second-order valence-electron chi connectivity index (χ2n) is 10.8. The van der Waals surface area contributed by atoms with Crippen LogP contribution in [0.5, 0.6) is 0 Å². The Bertz CT molecular complexity index is 1460. The number of ether oxygens (including phenoxy) is 1. The van der Waals surface area contributed by atoms with E-state index < -0.39 is 60.3 Å². The third kappa shape index (κ3) is 6.63.